The van der Waals surface area contributed by atoms with Gasteiger partial charge in [-0.15, -0.1) is 11.8 Å². The number of thioether (sulfide) groups is 2. The molecule has 0 bridgehead atoms. The van der Waals surface area contributed by atoms with Crippen LogP contribution in [0.1, 0.15) is 12.5 Å². The Labute approximate surface area is 106 Å². The van der Waals surface area contributed by atoms with Crippen molar-refractivity contribution < 1.29 is 0 Å². The van der Waals surface area contributed by atoms with Crippen molar-refractivity contribution in [2.75, 3.05) is 29.6 Å². The van der Waals surface area contributed by atoms with Crippen molar-refractivity contribution in [3.05, 3.63) is 23.8 Å². The van der Waals surface area contributed by atoms with Gasteiger partial charge in [0.1, 0.15) is 6.07 Å². The van der Waals surface area contributed by atoms with Gasteiger partial charge >= 0.3 is 0 Å². The van der Waals surface area contributed by atoms with E-state index < -0.39 is 0 Å². The van der Waals surface area contributed by atoms with E-state index in [1.165, 1.54) is 0 Å². The summed E-state index contributed by atoms with van der Waals surface area (Å²) in [5.74, 6) is 2.04. The number of anilines is 1. The molecule has 0 aromatic heterocycles. The summed E-state index contributed by atoms with van der Waals surface area (Å²) in [5, 5.41) is 12.5. The van der Waals surface area contributed by atoms with E-state index in [-0.39, 0.29) is 0 Å². The lowest BCUT2D eigenvalue weighted by Crippen LogP contribution is -2.05. The molecule has 0 fully saturated rings. The van der Waals surface area contributed by atoms with Crippen LogP contribution in [-0.4, -0.2) is 24.3 Å². The minimum atomic E-state index is 0.774. The Morgan fingerprint density at radius 2 is 2.25 bits per heavy atom. The Balaban J connectivity index is 2.83. The molecule has 0 unspecified atom stereocenters. The molecule has 1 rings (SSSR count). The van der Waals surface area contributed by atoms with E-state index >= 15 is 0 Å². The Kier molecular flexibility index (Phi) is 6.20. The molecule has 0 saturated carbocycles. The lowest BCUT2D eigenvalue weighted by atomic mass is 10.2. The van der Waals surface area contributed by atoms with Gasteiger partial charge in [0.15, 0.2) is 0 Å². The zero-order chi connectivity index (χ0) is 11.8. The van der Waals surface area contributed by atoms with Gasteiger partial charge in [-0.2, -0.15) is 17.0 Å². The maximum absolute atomic E-state index is 9.17. The molecular weight excluding hydrogens is 236 g/mol. The quantitative estimate of drug-likeness (QED) is 0.621. The van der Waals surface area contributed by atoms with Crippen LogP contribution in [0.5, 0.6) is 0 Å². The topological polar surface area (TPSA) is 35.8 Å². The number of benzene rings is 1. The molecule has 0 spiro atoms. The van der Waals surface area contributed by atoms with E-state index in [4.69, 9.17) is 0 Å². The highest BCUT2D eigenvalue weighted by Gasteiger charge is 2.06. The summed E-state index contributed by atoms with van der Waals surface area (Å²) in [4.78, 5) is 1.07. The first kappa shape index (κ1) is 13.3. The highest BCUT2D eigenvalue weighted by molar-refractivity contribution is 7.99. The number of nitrogens with zero attached hydrogens (tertiary/aromatic N) is 1. The molecule has 1 aromatic rings. The lowest BCUT2D eigenvalue weighted by molar-refractivity contribution is 1.21. The predicted octanol–water partition coefficient (Wildman–Crippen LogP) is 3.45. The van der Waals surface area contributed by atoms with Crippen molar-refractivity contribution in [2.45, 2.75) is 11.8 Å². The molecule has 0 atom stereocenters. The fourth-order valence-electron chi connectivity index (χ4n) is 1.36. The molecule has 0 radical (unpaired) electrons. The molecule has 4 heteroatoms. The van der Waals surface area contributed by atoms with Gasteiger partial charge in [-0.1, -0.05) is 13.0 Å². The smallest absolute Gasteiger partial charge is 0.102 e. The summed E-state index contributed by atoms with van der Waals surface area (Å²) in [6.07, 6.45) is 2.08. The Morgan fingerprint density at radius 3 is 2.88 bits per heavy atom. The largest absolute Gasteiger partial charge is 0.383 e. The van der Waals surface area contributed by atoms with Gasteiger partial charge in [-0.05, 0) is 24.1 Å². The van der Waals surface area contributed by atoms with E-state index in [2.05, 4.69) is 24.6 Å². The zero-order valence-electron chi connectivity index (χ0n) is 9.62. The van der Waals surface area contributed by atoms with Crippen molar-refractivity contribution in [2.24, 2.45) is 0 Å². The van der Waals surface area contributed by atoms with Crippen LogP contribution in [0.2, 0.25) is 0 Å². The third-order valence-electron chi connectivity index (χ3n) is 2.06. The summed E-state index contributed by atoms with van der Waals surface area (Å²) in [5.41, 5.74) is 1.73. The highest BCUT2D eigenvalue weighted by Crippen LogP contribution is 2.27. The third-order valence-corrected chi connectivity index (χ3v) is 3.61. The first-order valence-corrected chi connectivity index (χ1v) is 7.60. The van der Waals surface area contributed by atoms with Crippen molar-refractivity contribution in [3.63, 3.8) is 0 Å². The van der Waals surface area contributed by atoms with Crippen LogP contribution in [0, 0.1) is 11.3 Å². The predicted molar refractivity (Wildman–Crippen MR) is 74.4 cm³/mol. The van der Waals surface area contributed by atoms with Gasteiger partial charge in [0.25, 0.3) is 0 Å². The second-order valence-corrected chi connectivity index (χ2v) is 5.43. The summed E-state index contributed by atoms with van der Waals surface area (Å²) < 4.78 is 0. The summed E-state index contributed by atoms with van der Waals surface area (Å²) >= 11 is 3.51. The number of hydrogen-bond donors (Lipinski definition) is 1. The SMILES string of the molecule is CCSc1cccc(NCCSC)c1C#N. The maximum Gasteiger partial charge on any atom is 0.102 e. The second kappa shape index (κ2) is 7.48. The molecule has 0 aliphatic carbocycles. The fraction of sp³-hybridized carbons (Fsp3) is 0.417. The van der Waals surface area contributed by atoms with Gasteiger partial charge in [0.2, 0.25) is 0 Å². The summed E-state index contributed by atoms with van der Waals surface area (Å²) in [7, 11) is 0. The van der Waals surface area contributed by atoms with E-state index in [0.29, 0.717) is 0 Å². The molecule has 0 saturated heterocycles. The third kappa shape index (κ3) is 3.66. The van der Waals surface area contributed by atoms with Gasteiger partial charge in [0.05, 0.1) is 11.3 Å². The molecule has 0 aliphatic rings. The molecule has 1 N–H and O–H groups in total. The van der Waals surface area contributed by atoms with Crippen molar-refractivity contribution in [1.29, 1.82) is 5.26 Å². The number of rotatable bonds is 6. The molecule has 1 aromatic carbocycles. The normalized spacial score (nSPS) is 9.81. The van der Waals surface area contributed by atoms with E-state index in [9.17, 15) is 5.26 Å². The van der Waals surface area contributed by atoms with Crippen LogP contribution in [0.15, 0.2) is 23.1 Å². The molecule has 86 valence electrons. The molecule has 2 nitrogen and oxygen atoms in total. The summed E-state index contributed by atoms with van der Waals surface area (Å²) in [6.45, 7) is 3.00. The van der Waals surface area contributed by atoms with Crippen LogP contribution in [-0.2, 0) is 0 Å². The van der Waals surface area contributed by atoms with Crippen molar-refractivity contribution in [3.8, 4) is 6.07 Å². The van der Waals surface area contributed by atoms with Crippen molar-refractivity contribution in [1.82, 2.24) is 0 Å². The zero-order valence-corrected chi connectivity index (χ0v) is 11.3. The first-order chi connectivity index (χ1) is 7.83. The van der Waals surface area contributed by atoms with Crippen LogP contribution in [0.3, 0.4) is 0 Å². The molecule has 16 heavy (non-hydrogen) atoms. The minimum absolute atomic E-state index is 0.774. The monoisotopic (exact) mass is 252 g/mol. The first-order valence-electron chi connectivity index (χ1n) is 5.22. The van der Waals surface area contributed by atoms with Crippen LogP contribution in [0.4, 0.5) is 5.69 Å². The Morgan fingerprint density at radius 1 is 1.44 bits per heavy atom. The van der Waals surface area contributed by atoms with Gasteiger partial charge < -0.3 is 5.32 Å². The number of nitrogens with one attached hydrogen (secondary N) is 1. The second-order valence-electron chi connectivity index (χ2n) is 3.14. The molecule has 0 heterocycles. The standard InChI is InChI=1S/C12H16N2S2/c1-3-16-12-6-4-5-11(10(12)9-13)14-7-8-15-2/h4-6,14H,3,7-8H2,1-2H3. The average Bonchev–Trinajstić information content (AvgIpc) is 2.30. The van der Waals surface area contributed by atoms with Crippen LogP contribution < -0.4 is 5.32 Å². The molecule has 0 aliphatic heterocycles. The van der Waals surface area contributed by atoms with E-state index in [1.54, 1.807) is 23.5 Å². The Hall–Kier alpha value is -0.790. The molecule has 0 amide bonds. The number of nitriles is 1. The average molecular weight is 252 g/mol. The van der Waals surface area contributed by atoms with Gasteiger partial charge in [-0.25, -0.2) is 0 Å². The van der Waals surface area contributed by atoms with Gasteiger partial charge in [-0.3, -0.25) is 0 Å². The fourth-order valence-corrected chi connectivity index (χ4v) is 2.45. The van der Waals surface area contributed by atoms with Crippen molar-refractivity contribution >= 4 is 29.2 Å². The van der Waals surface area contributed by atoms with Gasteiger partial charge in [0, 0.05) is 17.2 Å². The van der Waals surface area contributed by atoms with Crippen LogP contribution in [0.25, 0.3) is 0 Å². The Bertz CT molecular complexity index is 372. The maximum atomic E-state index is 9.17. The van der Waals surface area contributed by atoms with E-state index in [1.807, 2.05) is 18.2 Å². The highest BCUT2D eigenvalue weighted by atomic mass is 32.2. The minimum Gasteiger partial charge on any atom is -0.383 e. The lowest BCUT2D eigenvalue weighted by Gasteiger charge is -2.10. The van der Waals surface area contributed by atoms with Crippen LogP contribution >= 0.6 is 23.5 Å². The number of hydrogen-bond acceptors (Lipinski definition) is 4. The van der Waals surface area contributed by atoms with E-state index in [0.717, 1.165) is 34.2 Å². The summed E-state index contributed by atoms with van der Waals surface area (Å²) in [6, 6.07) is 8.26. The molecular formula is C12H16N2S2.